The standard InChI is InChI=1S/C18H16F3N3O3S/c1-17(24-28(2,25)26,13-6-4-3-5-7-13)14-10-8-12(9-11-14)15-22-16(27-23-15)18(19,20)21/h3-11,24H,1-2H3. The van der Waals surface area contributed by atoms with Crippen LogP contribution in [0.2, 0.25) is 0 Å². The molecule has 148 valence electrons. The minimum Gasteiger partial charge on any atom is -0.329 e. The summed E-state index contributed by atoms with van der Waals surface area (Å²) in [6.07, 6.45) is -3.67. The highest BCUT2D eigenvalue weighted by molar-refractivity contribution is 7.88. The first-order valence-corrected chi connectivity index (χ1v) is 9.94. The smallest absolute Gasteiger partial charge is 0.329 e. The molecule has 1 atom stereocenters. The van der Waals surface area contributed by atoms with Crippen LogP contribution in [0.15, 0.2) is 59.1 Å². The van der Waals surface area contributed by atoms with Gasteiger partial charge in [-0.2, -0.15) is 18.2 Å². The maximum atomic E-state index is 12.6. The van der Waals surface area contributed by atoms with Crippen molar-refractivity contribution >= 4 is 10.0 Å². The van der Waals surface area contributed by atoms with E-state index in [9.17, 15) is 21.6 Å². The van der Waals surface area contributed by atoms with E-state index in [2.05, 4.69) is 19.4 Å². The molecule has 1 unspecified atom stereocenters. The van der Waals surface area contributed by atoms with Crippen LogP contribution >= 0.6 is 0 Å². The Balaban J connectivity index is 2.00. The Morgan fingerprint density at radius 2 is 1.54 bits per heavy atom. The van der Waals surface area contributed by atoms with Gasteiger partial charge in [-0.25, -0.2) is 13.1 Å². The van der Waals surface area contributed by atoms with E-state index in [0.29, 0.717) is 16.7 Å². The molecule has 3 rings (SSSR count). The number of halogens is 3. The topological polar surface area (TPSA) is 85.1 Å². The summed E-state index contributed by atoms with van der Waals surface area (Å²) in [4.78, 5) is 3.35. The molecule has 0 radical (unpaired) electrons. The molecule has 1 N–H and O–H groups in total. The number of benzene rings is 2. The first kappa shape index (κ1) is 20.0. The number of aromatic nitrogens is 2. The van der Waals surface area contributed by atoms with Crippen LogP contribution in [0.25, 0.3) is 11.4 Å². The molecular weight excluding hydrogens is 395 g/mol. The second kappa shape index (κ2) is 7.02. The lowest BCUT2D eigenvalue weighted by Gasteiger charge is -2.31. The van der Waals surface area contributed by atoms with Gasteiger partial charge in [0.1, 0.15) is 0 Å². The quantitative estimate of drug-likeness (QED) is 0.694. The highest BCUT2D eigenvalue weighted by Gasteiger charge is 2.38. The van der Waals surface area contributed by atoms with E-state index in [0.717, 1.165) is 6.26 Å². The lowest BCUT2D eigenvalue weighted by molar-refractivity contribution is -0.159. The molecule has 0 aliphatic rings. The molecule has 0 aliphatic heterocycles. The van der Waals surface area contributed by atoms with Crippen molar-refractivity contribution in [2.24, 2.45) is 0 Å². The maximum Gasteiger partial charge on any atom is 0.471 e. The molecule has 6 nitrogen and oxygen atoms in total. The van der Waals surface area contributed by atoms with E-state index >= 15 is 0 Å². The predicted molar refractivity (Wildman–Crippen MR) is 95.6 cm³/mol. The van der Waals surface area contributed by atoms with Gasteiger partial charge in [-0.15, -0.1) is 0 Å². The molecule has 2 aromatic carbocycles. The van der Waals surface area contributed by atoms with E-state index in [1.54, 1.807) is 43.3 Å². The minimum absolute atomic E-state index is 0.212. The molecule has 0 fully saturated rings. The van der Waals surface area contributed by atoms with Crippen LogP contribution in [0.3, 0.4) is 0 Å². The molecule has 10 heteroatoms. The number of hydrogen-bond donors (Lipinski definition) is 1. The van der Waals surface area contributed by atoms with Crippen molar-refractivity contribution in [2.75, 3.05) is 6.26 Å². The molecule has 1 heterocycles. The zero-order chi connectivity index (χ0) is 20.6. The van der Waals surface area contributed by atoms with Gasteiger partial charge >= 0.3 is 12.1 Å². The Kier molecular flexibility index (Phi) is 5.02. The maximum absolute atomic E-state index is 12.6. The van der Waals surface area contributed by atoms with E-state index in [1.807, 2.05) is 6.07 Å². The van der Waals surface area contributed by atoms with Crippen LogP contribution in [0.4, 0.5) is 13.2 Å². The highest BCUT2D eigenvalue weighted by Crippen LogP contribution is 2.32. The monoisotopic (exact) mass is 411 g/mol. The summed E-state index contributed by atoms with van der Waals surface area (Å²) >= 11 is 0. The molecule has 0 amide bonds. The van der Waals surface area contributed by atoms with Gasteiger partial charge < -0.3 is 4.52 Å². The lowest BCUT2D eigenvalue weighted by Crippen LogP contribution is -2.43. The van der Waals surface area contributed by atoms with Crippen molar-refractivity contribution in [3.05, 3.63) is 71.6 Å². The molecule has 28 heavy (non-hydrogen) atoms. The SMILES string of the molecule is CC(NS(C)(=O)=O)(c1ccccc1)c1ccc(-c2noc(C(F)(F)F)n2)cc1. The van der Waals surface area contributed by atoms with E-state index in [4.69, 9.17) is 0 Å². The summed E-state index contributed by atoms with van der Waals surface area (Å²) in [6.45, 7) is 1.70. The van der Waals surface area contributed by atoms with Gasteiger partial charge in [0.15, 0.2) is 0 Å². The molecule has 0 bridgehead atoms. The van der Waals surface area contributed by atoms with Crippen LogP contribution in [-0.2, 0) is 21.7 Å². The highest BCUT2D eigenvalue weighted by atomic mass is 32.2. The van der Waals surface area contributed by atoms with Crippen molar-refractivity contribution in [1.29, 1.82) is 0 Å². The van der Waals surface area contributed by atoms with E-state index < -0.39 is 27.6 Å². The van der Waals surface area contributed by atoms with Gasteiger partial charge in [0.2, 0.25) is 15.8 Å². The number of nitrogens with zero attached hydrogens (tertiary/aromatic N) is 2. The van der Waals surface area contributed by atoms with Gasteiger partial charge in [0.25, 0.3) is 0 Å². The zero-order valence-electron chi connectivity index (χ0n) is 14.9. The normalized spacial score (nSPS) is 14.6. The Morgan fingerprint density at radius 1 is 0.964 bits per heavy atom. The summed E-state index contributed by atoms with van der Waals surface area (Å²) < 4.78 is 68.6. The van der Waals surface area contributed by atoms with Gasteiger partial charge in [-0.3, -0.25) is 0 Å². The second-order valence-electron chi connectivity index (χ2n) is 6.36. The second-order valence-corrected chi connectivity index (χ2v) is 8.11. The predicted octanol–water partition coefficient (Wildman–Crippen LogP) is 3.57. The molecular formula is C18H16F3N3O3S. The Labute approximate surface area is 159 Å². The number of hydrogen-bond acceptors (Lipinski definition) is 5. The number of alkyl halides is 3. The first-order chi connectivity index (χ1) is 13.0. The minimum atomic E-state index is -4.73. The fourth-order valence-electron chi connectivity index (χ4n) is 2.84. The van der Waals surface area contributed by atoms with Gasteiger partial charge in [-0.05, 0) is 18.1 Å². The van der Waals surface area contributed by atoms with Crippen LogP contribution in [-0.4, -0.2) is 24.8 Å². The average Bonchev–Trinajstić information content (AvgIpc) is 3.12. The summed E-state index contributed by atoms with van der Waals surface area (Å²) in [5, 5.41) is 3.34. The molecule has 0 spiro atoms. The number of rotatable bonds is 5. The van der Waals surface area contributed by atoms with Gasteiger partial charge in [0.05, 0.1) is 11.8 Å². The van der Waals surface area contributed by atoms with Crippen LogP contribution in [0, 0.1) is 0 Å². The summed E-state index contributed by atoms with van der Waals surface area (Å²) in [5.41, 5.74) is 0.513. The van der Waals surface area contributed by atoms with Gasteiger partial charge in [0, 0.05) is 5.56 Å². The van der Waals surface area contributed by atoms with Crippen molar-refractivity contribution < 1.29 is 26.1 Å². The lowest BCUT2D eigenvalue weighted by atomic mass is 9.85. The Bertz CT molecular complexity index is 1060. The summed E-state index contributed by atoms with van der Waals surface area (Å²) in [7, 11) is -3.57. The Morgan fingerprint density at radius 3 is 2.04 bits per heavy atom. The molecule has 0 saturated carbocycles. The third kappa shape index (κ3) is 4.23. The fraction of sp³-hybridized carbons (Fsp3) is 0.222. The summed E-state index contributed by atoms with van der Waals surface area (Å²) in [5.74, 6) is -1.64. The first-order valence-electron chi connectivity index (χ1n) is 8.05. The van der Waals surface area contributed by atoms with Crippen molar-refractivity contribution in [2.45, 2.75) is 18.6 Å². The van der Waals surface area contributed by atoms with Crippen LogP contribution in [0.5, 0.6) is 0 Å². The molecule has 3 aromatic rings. The van der Waals surface area contributed by atoms with Crippen LogP contribution in [0.1, 0.15) is 23.9 Å². The third-order valence-electron chi connectivity index (χ3n) is 4.13. The van der Waals surface area contributed by atoms with Crippen LogP contribution < -0.4 is 4.72 Å². The van der Waals surface area contributed by atoms with E-state index in [-0.39, 0.29) is 5.82 Å². The molecule has 0 saturated heterocycles. The zero-order valence-corrected chi connectivity index (χ0v) is 15.7. The molecule has 0 aliphatic carbocycles. The van der Waals surface area contributed by atoms with Gasteiger partial charge in [-0.1, -0.05) is 59.8 Å². The Hall–Kier alpha value is -2.72. The average molecular weight is 411 g/mol. The number of sulfonamides is 1. The molecule has 1 aromatic heterocycles. The number of nitrogens with one attached hydrogen (secondary N) is 1. The largest absolute Gasteiger partial charge is 0.471 e. The van der Waals surface area contributed by atoms with E-state index in [1.165, 1.54) is 12.1 Å². The summed E-state index contributed by atoms with van der Waals surface area (Å²) in [6, 6.07) is 15.1. The van der Waals surface area contributed by atoms with Crippen molar-refractivity contribution in [1.82, 2.24) is 14.9 Å². The van der Waals surface area contributed by atoms with Crippen molar-refractivity contribution in [3.8, 4) is 11.4 Å². The third-order valence-corrected chi connectivity index (χ3v) is 4.91. The van der Waals surface area contributed by atoms with Crippen molar-refractivity contribution in [3.63, 3.8) is 0 Å². The fourth-order valence-corrected chi connectivity index (χ4v) is 3.81.